The van der Waals surface area contributed by atoms with Crippen LogP contribution in [-0.2, 0) is 20.7 Å². The number of rotatable bonds is 4. The van der Waals surface area contributed by atoms with Crippen LogP contribution in [0, 0.1) is 5.92 Å². The highest BCUT2D eigenvalue weighted by Gasteiger charge is 2.33. The zero-order valence-electron chi connectivity index (χ0n) is 11.5. The monoisotopic (exact) mass is 288 g/mol. The van der Waals surface area contributed by atoms with Crippen molar-refractivity contribution in [3.63, 3.8) is 0 Å². The number of carbonyl (C=O) groups excluding carboxylic acids is 2. The van der Waals surface area contributed by atoms with Crippen LogP contribution < -0.4 is 0 Å². The average Bonchev–Trinajstić information content (AvgIpc) is 3.05. The topological polar surface area (TPSA) is 83.8 Å². The minimum absolute atomic E-state index is 0.154. The predicted octanol–water partition coefficient (Wildman–Crippen LogP) is 2.21. The van der Waals surface area contributed by atoms with Gasteiger partial charge in [-0.25, -0.2) is 4.79 Å². The molecule has 0 heterocycles. The van der Waals surface area contributed by atoms with Gasteiger partial charge in [-0.1, -0.05) is 6.07 Å². The molecule has 1 saturated carbocycles. The van der Waals surface area contributed by atoms with E-state index in [-0.39, 0.29) is 17.9 Å². The molecule has 0 saturated heterocycles. The second-order valence-electron chi connectivity index (χ2n) is 5.65. The van der Waals surface area contributed by atoms with Gasteiger partial charge in [0.05, 0.1) is 0 Å². The maximum absolute atomic E-state index is 11.9. The number of Topliss-reactive ketones (excluding diaryl/α,β-unsaturated/α-hetero) is 1. The summed E-state index contributed by atoms with van der Waals surface area (Å²) in [5.74, 6) is -0.826. The van der Waals surface area contributed by atoms with Crippen molar-refractivity contribution in [2.75, 3.05) is 0 Å². The van der Waals surface area contributed by atoms with Gasteiger partial charge < -0.3 is 14.9 Å². The number of ketones is 1. The Morgan fingerprint density at radius 2 is 2.00 bits per heavy atom. The van der Waals surface area contributed by atoms with Gasteiger partial charge in [0, 0.05) is 12.8 Å². The first-order valence-electron chi connectivity index (χ1n) is 6.99. The molecule has 0 aliphatic heterocycles. The lowest BCUT2D eigenvalue weighted by atomic mass is 10.0. The molecule has 1 aromatic rings. The third kappa shape index (κ3) is 2.77. The predicted molar refractivity (Wildman–Crippen MR) is 73.6 cm³/mol. The molecular weight excluding hydrogens is 272 g/mol. The number of fused-ring (bicyclic) bond motifs is 2. The Labute approximate surface area is 121 Å². The van der Waals surface area contributed by atoms with Crippen molar-refractivity contribution >= 4 is 11.8 Å². The molecule has 3 rings (SSSR count). The quantitative estimate of drug-likeness (QED) is 0.504. The van der Waals surface area contributed by atoms with Crippen LogP contribution >= 0.6 is 0 Å². The van der Waals surface area contributed by atoms with Crippen molar-refractivity contribution in [3.8, 4) is 11.5 Å². The number of benzene rings is 1. The summed E-state index contributed by atoms with van der Waals surface area (Å²) >= 11 is 0. The molecule has 0 amide bonds. The van der Waals surface area contributed by atoms with E-state index in [0.717, 1.165) is 25.7 Å². The summed E-state index contributed by atoms with van der Waals surface area (Å²) in [5, 5.41) is 18.6. The third-order valence-corrected chi connectivity index (χ3v) is 4.11. The fraction of sp³-hybridized carbons (Fsp3) is 0.375. The molecule has 0 aromatic heterocycles. The summed E-state index contributed by atoms with van der Waals surface area (Å²) < 4.78 is 5.21. The minimum atomic E-state index is -0.849. The first-order valence-corrected chi connectivity index (χ1v) is 6.99. The van der Waals surface area contributed by atoms with Crippen LogP contribution in [0.1, 0.15) is 31.2 Å². The van der Waals surface area contributed by atoms with Gasteiger partial charge in [-0.2, -0.15) is 0 Å². The van der Waals surface area contributed by atoms with Crippen molar-refractivity contribution in [2.45, 2.75) is 32.1 Å². The Hall–Kier alpha value is -2.30. The van der Waals surface area contributed by atoms with E-state index in [9.17, 15) is 19.8 Å². The van der Waals surface area contributed by atoms with Crippen LogP contribution in [-0.4, -0.2) is 22.0 Å². The molecule has 1 unspecified atom stereocenters. The van der Waals surface area contributed by atoms with Crippen LogP contribution in [0.25, 0.3) is 0 Å². The van der Waals surface area contributed by atoms with E-state index in [2.05, 4.69) is 0 Å². The van der Waals surface area contributed by atoms with Crippen LogP contribution in [0.3, 0.4) is 0 Å². The van der Waals surface area contributed by atoms with Gasteiger partial charge in [0.25, 0.3) is 0 Å². The Morgan fingerprint density at radius 3 is 2.62 bits per heavy atom. The van der Waals surface area contributed by atoms with E-state index in [4.69, 9.17) is 4.74 Å². The molecular formula is C16H16O5. The Balaban J connectivity index is 1.62. The second-order valence-corrected chi connectivity index (χ2v) is 5.65. The summed E-state index contributed by atoms with van der Waals surface area (Å²) in [6, 6.07) is 4.03. The summed E-state index contributed by atoms with van der Waals surface area (Å²) in [6.45, 7) is 0. The zero-order valence-corrected chi connectivity index (χ0v) is 11.5. The number of ether oxygens (including phenoxy) is 1. The highest BCUT2D eigenvalue weighted by atomic mass is 16.5. The summed E-state index contributed by atoms with van der Waals surface area (Å²) in [4.78, 5) is 23.7. The number of esters is 1. The van der Waals surface area contributed by atoms with E-state index in [1.54, 1.807) is 0 Å². The maximum atomic E-state index is 11.9. The normalized spacial score (nSPS) is 19.9. The molecule has 1 atom stereocenters. The van der Waals surface area contributed by atoms with E-state index >= 15 is 0 Å². The van der Waals surface area contributed by atoms with Crippen molar-refractivity contribution in [1.29, 1.82) is 0 Å². The molecule has 2 N–H and O–H groups in total. The largest absolute Gasteiger partial charge is 0.504 e. The lowest BCUT2D eigenvalue weighted by molar-refractivity contribution is -0.150. The maximum Gasteiger partial charge on any atom is 0.380 e. The molecule has 5 heteroatoms. The highest BCUT2D eigenvalue weighted by molar-refractivity contribution is 6.34. The molecule has 21 heavy (non-hydrogen) atoms. The number of aromatic hydroxyl groups is 2. The zero-order chi connectivity index (χ0) is 15.0. The summed E-state index contributed by atoms with van der Waals surface area (Å²) in [7, 11) is 0. The van der Waals surface area contributed by atoms with E-state index < -0.39 is 11.8 Å². The Bertz CT molecular complexity index is 644. The fourth-order valence-corrected chi connectivity index (χ4v) is 2.98. The number of hydrogen-bond donors (Lipinski definition) is 2. The van der Waals surface area contributed by atoms with Crippen LogP contribution in [0.5, 0.6) is 11.5 Å². The third-order valence-electron chi connectivity index (χ3n) is 4.11. The molecule has 5 nitrogen and oxygen atoms in total. The van der Waals surface area contributed by atoms with Crippen molar-refractivity contribution in [1.82, 2.24) is 0 Å². The van der Waals surface area contributed by atoms with E-state index in [0.29, 0.717) is 17.2 Å². The highest BCUT2D eigenvalue weighted by Crippen LogP contribution is 2.44. The molecule has 0 radical (unpaired) electrons. The minimum Gasteiger partial charge on any atom is -0.504 e. The van der Waals surface area contributed by atoms with Crippen molar-refractivity contribution in [3.05, 3.63) is 35.1 Å². The number of carbonyl (C=O) groups is 2. The molecule has 110 valence electrons. The molecule has 1 fully saturated rings. The van der Waals surface area contributed by atoms with Gasteiger partial charge in [-0.3, -0.25) is 4.79 Å². The lowest BCUT2D eigenvalue weighted by Gasteiger charge is -2.11. The fourth-order valence-electron chi connectivity index (χ4n) is 2.98. The Kier molecular flexibility index (Phi) is 3.41. The molecule has 2 aliphatic rings. The second kappa shape index (κ2) is 5.24. The van der Waals surface area contributed by atoms with Crippen molar-refractivity contribution < 1.29 is 24.5 Å². The van der Waals surface area contributed by atoms with E-state index in [1.807, 2.05) is 0 Å². The van der Waals surface area contributed by atoms with Gasteiger partial charge >= 0.3 is 5.97 Å². The van der Waals surface area contributed by atoms with Crippen LogP contribution in [0.4, 0.5) is 0 Å². The summed E-state index contributed by atoms with van der Waals surface area (Å²) in [5.41, 5.74) is 1.63. The first-order chi connectivity index (χ1) is 10.0. The van der Waals surface area contributed by atoms with Gasteiger partial charge in [-0.15, -0.1) is 0 Å². The van der Waals surface area contributed by atoms with Gasteiger partial charge in [-0.05, 0) is 48.4 Å². The van der Waals surface area contributed by atoms with Gasteiger partial charge in [0.15, 0.2) is 11.5 Å². The van der Waals surface area contributed by atoms with Gasteiger partial charge in [0.1, 0.15) is 5.76 Å². The number of allylic oxidation sites excluding steroid dienone is 2. The smallest absolute Gasteiger partial charge is 0.380 e. The van der Waals surface area contributed by atoms with Crippen molar-refractivity contribution in [2.24, 2.45) is 5.92 Å². The van der Waals surface area contributed by atoms with Crippen LogP contribution in [0.2, 0.25) is 0 Å². The van der Waals surface area contributed by atoms with Crippen LogP contribution in [0.15, 0.2) is 29.5 Å². The number of phenolic OH excluding ortho intramolecular Hbond substituents is 2. The molecule has 0 spiro atoms. The van der Waals surface area contributed by atoms with E-state index in [1.165, 1.54) is 23.8 Å². The molecule has 2 bridgehead atoms. The summed E-state index contributed by atoms with van der Waals surface area (Å²) in [6.07, 6.45) is 3.71. The average molecular weight is 288 g/mol. The molecule has 1 aromatic carbocycles. The van der Waals surface area contributed by atoms with Gasteiger partial charge in [0.2, 0.25) is 5.78 Å². The lowest BCUT2D eigenvalue weighted by Crippen LogP contribution is -2.20. The number of phenols is 2. The Morgan fingerprint density at radius 1 is 1.19 bits per heavy atom. The first kappa shape index (κ1) is 13.7. The standard InChI is InChI=1S/C16H16O5/c17-12-4-2-10(6-13(12)18)7-14(19)16(20)21-15-8-9-1-3-11(15)5-9/h2,4,6,9,17-18H,1,3,5,7-8H2. The number of hydrogen-bond acceptors (Lipinski definition) is 5. The SMILES string of the molecule is O=C(Cc1ccc(O)c(O)c1)C(=O)OC1=C2CCC(C2)C1. The molecule has 2 aliphatic carbocycles.